The topological polar surface area (TPSA) is 96.3 Å². The van der Waals surface area contributed by atoms with Crippen LogP contribution in [0.1, 0.15) is 44.6 Å². The van der Waals surface area contributed by atoms with Crippen LogP contribution in [0.3, 0.4) is 0 Å². The zero-order valence-electron chi connectivity index (χ0n) is 15.0. The number of hydrogen-bond acceptors (Lipinski definition) is 5. The Labute approximate surface area is 162 Å². The number of esters is 1. The summed E-state index contributed by atoms with van der Waals surface area (Å²) < 4.78 is 5.35. The van der Waals surface area contributed by atoms with E-state index in [1.807, 2.05) is 6.07 Å². The average molecular weight is 389 g/mol. The average Bonchev–Trinajstić information content (AvgIpc) is 2.61. The SMILES string of the molecule is C[C@H](OC(=O)C1C[C@H]2CCC[C@@H](C1)C2=O)C(=O)Nc1ccc(C#N)c(Cl)c1. The maximum absolute atomic E-state index is 12.5. The zero-order chi connectivity index (χ0) is 19.6. The molecule has 1 unspecified atom stereocenters. The number of amides is 1. The number of carbonyl (C=O) groups excluding carboxylic acids is 3. The molecule has 0 spiro atoms. The molecular formula is C20H21ClN2O4. The lowest BCUT2D eigenvalue weighted by Crippen LogP contribution is -2.41. The van der Waals surface area contributed by atoms with Crippen LogP contribution in [-0.4, -0.2) is 23.8 Å². The second-order valence-corrected chi connectivity index (χ2v) is 7.68. The maximum atomic E-state index is 12.5. The number of ether oxygens (including phenoxy) is 1. The molecule has 2 aliphatic rings. The van der Waals surface area contributed by atoms with Gasteiger partial charge in [0.05, 0.1) is 16.5 Å². The fourth-order valence-electron chi connectivity index (χ4n) is 3.92. The standard InChI is InChI=1S/C20H21ClN2O4/c1-11(19(25)23-16-6-5-14(10-22)17(21)9-16)27-20(26)15-7-12-3-2-4-13(8-15)18(12)24/h5-6,9,11-13,15H,2-4,7-8H2,1H3,(H,23,25)/t11-,12-,13+,15?/m0/s1. The Bertz CT molecular complexity index is 801. The normalized spacial score (nSPS) is 25.2. The second-order valence-electron chi connectivity index (χ2n) is 7.27. The second kappa shape index (κ2) is 8.10. The molecular weight excluding hydrogens is 368 g/mol. The summed E-state index contributed by atoms with van der Waals surface area (Å²) in [5.74, 6) is -1.01. The molecule has 1 amide bonds. The summed E-state index contributed by atoms with van der Waals surface area (Å²) in [5.41, 5.74) is 0.733. The Hall–Kier alpha value is -2.39. The number of ketones is 1. The Morgan fingerprint density at radius 1 is 1.30 bits per heavy atom. The summed E-state index contributed by atoms with van der Waals surface area (Å²) >= 11 is 5.95. The minimum absolute atomic E-state index is 0.0417. The summed E-state index contributed by atoms with van der Waals surface area (Å²) in [7, 11) is 0. The predicted molar refractivity (Wildman–Crippen MR) is 98.9 cm³/mol. The van der Waals surface area contributed by atoms with Gasteiger partial charge in [0.1, 0.15) is 11.9 Å². The highest BCUT2D eigenvalue weighted by Gasteiger charge is 2.42. The van der Waals surface area contributed by atoms with Crippen molar-refractivity contribution in [2.45, 2.75) is 45.1 Å². The first-order valence-electron chi connectivity index (χ1n) is 9.13. The van der Waals surface area contributed by atoms with Crippen LogP contribution in [-0.2, 0) is 19.1 Å². The third-order valence-electron chi connectivity index (χ3n) is 5.40. The van der Waals surface area contributed by atoms with Crippen molar-refractivity contribution in [1.29, 1.82) is 5.26 Å². The fourth-order valence-corrected chi connectivity index (χ4v) is 4.15. The zero-order valence-corrected chi connectivity index (χ0v) is 15.8. The summed E-state index contributed by atoms with van der Waals surface area (Å²) in [6.45, 7) is 1.51. The Balaban J connectivity index is 1.56. The third-order valence-corrected chi connectivity index (χ3v) is 5.71. The summed E-state index contributed by atoms with van der Waals surface area (Å²) in [5, 5.41) is 11.7. The number of hydrogen-bond donors (Lipinski definition) is 1. The number of rotatable bonds is 4. The van der Waals surface area contributed by atoms with Gasteiger partial charge in [0.15, 0.2) is 6.10 Å². The van der Waals surface area contributed by atoms with Crippen LogP contribution in [0, 0.1) is 29.1 Å². The monoisotopic (exact) mass is 388 g/mol. The molecule has 4 atom stereocenters. The van der Waals surface area contributed by atoms with Crippen LogP contribution in [0.5, 0.6) is 0 Å². The molecule has 2 aliphatic carbocycles. The molecule has 0 heterocycles. The van der Waals surface area contributed by atoms with Gasteiger partial charge in [0, 0.05) is 17.5 Å². The van der Waals surface area contributed by atoms with Gasteiger partial charge in [-0.25, -0.2) is 0 Å². The van der Waals surface area contributed by atoms with Gasteiger partial charge in [0.2, 0.25) is 0 Å². The first-order valence-corrected chi connectivity index (χ1v) is 9.51. The van der Waals surface area contributed by atoms with Gasteiger partial charge < -0.3 is 10.1 Å². The predicted octanol–water partition coefficient (Wildman–Crippen LogP) is 3.48. The number of nitrogens with one attached hydrogen (secondary N) is 1. The summed E-state index contributed by atoms with van der Waals surface area (Å²) in [4.78, 5) is 36.9. The van der Waals surface area contributed by atoms with Gasteiger partial charge in [-0.05, 0) is 50.8 Å². The molecule has 2 fully saturated rings. The number of anilines is 1. The van der Waals surface area contributed by atoms with Crippen LogP contribution in [0.15, 0.2) is 18.2 Å². The van der Waals surface area contributed by atoms with E-state index in [0.29, 0.717) is 24.1 Å². The van der Waals surface area contributed by atoms with E-state index in [0.717, 1.165) is 19.3 Å². The number of Topliss-reactive ketones (excluding diaryl/α,β-unsaturated/α-hetero) is 1. The number of nitrogens with zero attached hydrogens (tertiary/aromatic N) is 1. The number of carbonyl (C=O) groups is 3. The molecule has 1 aromatic rings. The van der Waals surface area contributed by atoms with Gasteiger partial charge >= 0.3 is 5.97 Å². The van der Waals surface area contributed by atoms with E-state index >= 15 is 0 Å². The van der Waals surface area contributed by atoms with Crippen molar-refractivity contribution < 1.29 is 19.1 Å². The van der Waals surface area contributed by atoms with Crippen molar-refractivity contribution >= 4 is 34.9 Å². The van der Waals surface area contributed by atoms with Gasteiger partial charge in [-0.1, -0.05) is 18.0 Å². The largest absolute Gasteiger partial charge is 0.452 e. The van der Waals surface area contributed by atoms with Gasteiger partial charge in [-0.2, -0.15) is 5.26 Å². The number of fused-ring (bicyclic) bond motifs is 2. The third kappa shape index (κ3) is 4.30. The highest BCUT2D eigenvalue weighted by Crippen LogP contribution is 2.40. The molecule has 3 rings (SSSR count). The molecule has 27 heavy (non-hydrogen) atoms. The van der Waals surface area contributed by atoms with Crippen molar-refractivity contribution in [2.24, 2.45) is 17.8 Å². The summed E-state index contributed by atoms with van der Waals surface area (Å²) in [6.07, 6.45) is 2.80. The Kier molecular flexibility index (Phi) is 5.81. The molecule has 2 saturated carbocycles. The minimum Gasteiger partial charge on any atom is -0.452 e. The molecule has 1 aromatic carbocycles. The van der Waals surface area contributed by atoms with Crippen LogP contribution >= 0.6 is 11.6 Å². The quantitative estimate of drug-likeness (QED) is 0.796. The van der Waals surface area contributed by atoms with Crippen LogP contribution in [0.2, 0.25) is 5.02 Å². The molecule has 0 radical (unpaired) electrons. The van der Waals surface area contributed by atoms with Gasteiger partial charge in [-0.15, -0.1) is 0 Å². The molecule has 142 valence electrons. The van der Waals surface area contributed by atoms with E-state index in [4.69, 9.17) is 21.6 Å². The lowest BCUT2D eigenvalue weighted by molar-refractivity contribution is -0.161. The molecule has 2 bridgehead atoms. The smallest absolute Gasteiger partial charge is 0.309 e. The lowest BCUT2D eigenvalue weighted by atomic mass is 9.67. The van der Waals surface area contributed by atoms with E-state index in [2.05, 4.69) is 5.32 Å². The van der Waals surface area contributed by atoms with Gasteiger partial charge in [0.25, 0.3) is 5.91 Å². The van der Waals surface area contributed by atoms with Crippen LogP contribution in [0.4, 0.5) is 5.69 Å². The van der Waals surface area contributed by atoms with Crippen LogP contribution < -0.4 is 5.32 Å². The highest BCUT2D eigenvalue weighted by atomic mass is 35.5. The van der Waals surface area contributed by atoms with Crippen molar-refractivity contribution in [3.63, 3.8) is 0 Å². The Morgan fingerprint density at radius 2 is 1.96 bits per heavy atom. The van der Waals surface area contributed by atoms with Crippen molar-refractivity contribution in [3.05, 3.63) is 28.8 Å². The fraction of sp³-hybridized carbons (Fsp3) is 0.500. The molecule has 7 heteroatoms. The van der Waals surface area contributed by atoms with Gasteiger partial charge in [-0.3, -0.25) is 14.4 Å². The number of nitriles is 1. The van der Waals surface area contributed by atoms with Crippen molar-refractivity contribution in [1.82, 2.24) is 0 Å². The first kappa shape index (κ1) is 19.4. The van der Waals surface area contributed by atoms with E-state index in [9.17, 15) is 14.4 Å². The van der Waals surface area contributed by atoms with E-state index in [1.54, 1.807) is 6.07 Å². The highest BCUT2D eigenvalue weighted by molar-refractivity contribution is 6.32. The van der Waals surface area contributed by atoms with Crippen LogP contribution in [0.25, 0.3) is 0 Å². The van der Waals surface area contributed by atoms with E-state index in [-0.39, 0.29) is 28.6 Å². The van der Waals surface area contributed by atoms with Crippen molar-refractivity contribution in [2.75, 3.05) is 5.32 Å². The minimum atomic E-state index is -0.968. The maximum Gasteiger partial charge on any atom is 0.309 e. The molecule has 0 saturated heterocycles. The summed E-state index contributed by atoms with van der Waals surface area (Å²) in [6, 6.07) is 6.48. The van der Waals surface area contributed by atoms with E-state index < -0.39 is 18.0 Å². The number of halogens is 1. The molecule has 0 aliphatic heterocycles. The molecule has 6 nitrogen and oxygen atoms in total. The molecule has 1 N–H and O–H groups in total. The first-order chi connectivity index (χ1) is 12.9. The van der Waals surface area contributed by atoms with E-state index in [1.165, 1.54) is 19.1 Å². The molecule has 0 aromatic heterocycles. The van der Waals surface area contributed by atoms with Crippen molar-refractivity contribution in [3.8, 4) is 6.07 Å². The Morgan fingerprint density at radius 3 is 2.56 bits per heavy atom. The number of benzene rings is 1. The lowest BCUT2D eigenvalue weighted by Gasteiger charge is -2.36.